The van der Waals surface area contributed by atoms with Crippen LogP contribution in [0.2, 0.25) is 40.2 Å². The zero-order chi connectivity index (χ0) is 54.1. The maximum Gasteiger partial charge on any atom is 0.152 e. The molecule has 0 amide bonds. The summed E-state index contributed by atoms with van der Waals surface area (Å²) in [5.74, 6) is 0.522. The average Bonchev–Trinajstić information content (AvgIpc) is 3.41. The number of hydrogen-bond acceptors (Lipinski definition) is 10. The molecule has 0 saturated carbocycles. The molecule has 9 rings (SSSR count). The van der Waals surface area contributed by atoms with Crippen LogP contribution in [0.5, 0.6) is 23.0 Å². The Bertz CT molecular complexity index is 3340. The monoisotopic (exact) mass is 1220 g/mol. The van der Waals surface area contributed by atoms with E-state index < -0.39 is 0 Å². The number of hydrogen-bond donors (Lipinski definition) is 6. The van der Waals surface area contributed by atoms with Crippen LogP contribution in [0.1, 0.15) is 16.7 Å². The zero-order valence-corrected chi connectivity index (χ0v) is 48.4. The van der Waals surface area contributed by atoms with Crippen molar-refractivity contribution in [2.45, 2.75) is 49.0 Å². The molecule has 0 bridgehead atoms. The van der Waals surface area contributed by atoms with Gasteiger partial charge in [0.15, 0.2) is 17.2 Å². The molecule has 390 valence electrons. The van der Waals surface area contributed by atoms with E-state index in [1.165, 1.54) is 0 Å². The molecule has 0 aliphatic carbocycles. The lowest BCUT2D eigenvalue weighted by atomic mass is 10.2. The van der Waals surface area contributed by atoms with Crippen molar-refractivity contribution in [1.29, 1.82) is 0 Å². The van der Waals surface area contributed by atoms with Crippen molar-refractivity contribution in [1.82, 2.24) is 0 Å². The summed E-state index contributed by atoms with van der Waals surface area (Å²) < 4.78 is 5.20. The maximum absolute atomic E-state index is 9.66. The summed E-state index contributed by atoms with van der Waals surface area (Å²) in [6.45, 7) is 1.79. The fourth-order valence-electron chi connectivity index (χ4n) is 6.92. The zero-order valence-electron chi connectivity index (χ0n) is 39.9. The molecule has 9 aromatic carbocycles. The topological polar surface area (TPSA) is 106 Å². The van der Waals surface area contributed by atoms with Crippen molar-refractivity contribution in [2.75, 3.05) is 23.1 Å². The van der Waals surface area contributed by atoms with Gasteiger partial charge in [0, 0.05) is 71.1 Å². The fourth-order valence-corrected chi connectivity index (χ4v) is 11.8. The Morgan fingerprint density at radius 2 is 0.711 bits per heavy atom. The Kier molecular flexibility index (Phi) is 22.4. The second-order valence-electron chi connectivity index (χ2n) is 16.1. The van der Waals surface area contributed by atoms with E-state index in [0.717, 1.165) is 73.9 Å². The van der Waals surface area contributed by atoms with Crippen molar-refractivity contribution >= 4 is 145 Å². The van der Waals surface area contributed by atoms with Crippen LogP contribution in [-0.2, 0) is 19.6 Å². The first kappa shape index (κ1) is 58.6. The normalized spacial score (nSPS) is 10.6. The van der Waals surface area contributed by atoms with Gasteiger partial charge in [-0.05, 0) is 126 Å². The molecule has 0 fully saturated rings. The smallest absolute Gasteiger partial charge is 0.152 e. The summed E-state index contributed by atoms with van der Waals surface area (Å²) in [4.78, 5) is 6.62. The third kappa shape index (κ3) is 17.2. The van der Waals surface area contributed by atoms with Crippen LogP contribution in [0.25, 0.3) is 0 Å². The Balaban J connectivity index is 0.000000166. The van der Waals surface area contributed by atoms with Crippen molar-refractivity contribution < 1.29 is 20.1 Å². The molecule has 0 saturated heterocycles. The van der Waals surface area contributed by atoms with Crippen molar-refractivity contribution in [3.8, 4) is 23.0 Å². The van der Waals surface area contributed by atoms with E-state index >= 15 is 0 Å². The van der Waals surface area contributed by atoms with Gasteiger partial charge in [-0.25, -0.2) is 0 Å². The molecule has 9 aromatic rings. The first-order valence-corrected chi connectivity index (χ1v) is 28.3. The van der Waals surface area contributed by atoms with Gasteiger partial charge in [0.25, 0.3) is 0 Å². The lowest BCUT2D eigenvalue weighted by Gasteiger charge is -2.13. The first-order chi connectivity index (χ1) is 36.6. The van der Waals surface area contributed by atoms with Crippen LogP contribution in [0.4, 0.5) is 17.1 Å². The summed E-state index contributed by atoms with van der Waals surface area (Å²) in [5.41, 5.74) is 5.64. The minimum absolute atomic E-state index is 0.102. The quantitative estimate of drug-likeness (QED) is 0.0524. The minimum atomic E-state index is -0.108. The average molecular weight is 1230 g/mol. The summed E-state index contributed by atoms with van der Waals surface area (Å²) in [5, 5.41) is 41.6. The highest BCUT2D eigenvalue weighted by Crippen LogP contribution is 2.40. The van der Waals surface area contributed by atoms with Gasteiger partial charge >= 0.3 is 0 Å². The van der Waals surface area contributed by atoms with Crippen LogP contribution >= 0.6 is 128 Å². The van der Waals surface area contributed by atoms with Crippen LogP contribution in [-0.4, -0.2) is 22.4 Å². The number of benzene rings is 9. The Morgan fingerprint density at radius 3 is 1.09 bits per heavy atom. The molecule has 0 aliphatic rings. The van der Waals surface area contributed by atoms with Gasteiger partial charge in [0.2, 0.25) is 0 Å². The highest BCUT2D eigenvalue weighted by atomic mass is 35.5. The molecule has 0 aromatic heterocycles. The number of anilines is 3. The predicted molar refractivity (Wildman–Crippen MR) is 324 cm³/mol. The molecule has 18 heteroatoms. The van der Waals surface area contributed by atoms with Gasteiger partial charge in [-0.2, -0.15) is 0 Å². The molecular formula is C58H45Cl8N3O4S3. The van der Waals surface area contributed by atoms with Gasteiger partial charge < -0.3 is 36.0 Å². The van der Waals surface area contributed by atoms with E-state index in [1.807, 2.05) is 109 Å². The second-order valence-corrected chi connectivity index (χ2v) is 22.7. The summed E-state index contributed by atoms with van der Waals surface area (Å²) >= 11 is 53.1. The van der Waals surface area contributed by atoms with Gasteiger partial charge in [-0.15, -0.1) is 0 Å². The predicted octanol–water partition coefficient (Wildman–Crippen LogP) is 20.7. The Hall–Kier alpha value is -5.05. The van der Waals surface area contributed by atoms with Crippen LogP contribution < -0.4 is 20.7 Å². The Morgan fingerprint density at radius 1 is 0.355 bits per heavy atom. The largest absolute Gasteiger partial charge is 0.505 e. The standard InChI is InChI=1S/C20H17Cl2NO2S.2C19H14Cl3NOS/c1-25-15-6-8-16(9-7-15)26-19-5-3-2-4-13(19)12-23-14-10-17(21)20(24)18(22)11-14;20-14-6-2-4-8-18(14)25-17-7-3-1-5-12(17)11-23-13-9-15(21)19(24)16(22)10-13;20-13-5-3-6-15(8-13)25-18-7-2-1-4-12(18)11-23-14-9-16(21)19(24)17(22)10-14/h2-11,23-24H,12H2,1H3;2*1-10,23-24H,11H2. The first-order valence-electron chi connectivity index (χ1n) is 22.8. The molecule has 0 aliphatic heterocycles. The number of rotatable bonds is 16. The van der Waals surface area contributed by atoms with E-state index in [4.69, 9.17) is 97.5 Å². The highest BCUT2D eigenvalue weighted by Gasteiger charge is 2.13. The number of aromatic hydroxyl groups is 3. The molecule has 0 spiro atoms. The third-order valence-electron chi connectivity index (χ3n) is 10.8. The number of methoxy groups -OCH3 is 1. The lowest BCUT2D eigenvalue weighted by Crippen LogP contribution is -2.01. The third-order valence-corrected chi connectivity index (χ3v) is 16.6. The SMILES string of the molecule is COc1ccc(Sc2ccccc2CNc2cc(Cl)c(O)c(Cl)c2)cc1.Oc1c(Cl)cc(NCc2ccccc2Sc2cccc(Cl)c2)cc1Cl.Oc1c(Cl)cc(NCc2ccccc2Sc2ccccc2Cl)cc1Cl. The summed E-state index contributed by atoms with van der Waals surface area (Å²) in [6.07, 6.45) is 0. The van der Waals surface area contributed by atoms with Gasteiger partial charge in [0.05, 0.1) is 42.3 Å². The number of ether oxygens (including phenoxy) is 1. The van der Waals surface area contributed by atoms with E-state index in [2.05, 4.69) is 52.3 Å². The van der Waals surface area contributed by atoms with Crippen LogP contribution in [0.3, 0.4) is 0 Å². The lowest BCUT2D eigenvalue weighted by molar-refractivity contribution is 0.414. The molecule has 0 atom stereocenters. The second kappa shape index (κ2) is 29.1. The summed E-state index contributed by atoms with van der Waals surface area (Å²) in [7, 11) is 1.66. The van der Waals surface area contributed by atoms with E-state index in [1.54, 1.807) is 78.8 Å². The van der Waals surface area contributed by atoms with Crippen molar-refractivity contribution in [2.24, 2.45) is 0 Å². The maximum atomic E-state index is 9.66. The number of halogens is 8. The van der Waals surface area contributed by atoms with Crippen LogP contribution in [0, 0.1) is 0 Å². The van der Waals surface area contributed by atoms with E-state index in [9.17, 15) is 15.3 Å². The molecule has 0 unspecified atom stereocenters. The molecule has 0 radical (unpaired) electrons. The van der Waals surface area contributed by atoms with Gasteiger partial charge in [-0.3, -0.25) is 0 Å². The summed E-state index contributed by atoms with van der Waals surface area (Å²) in [6, 6.07) is 57.8. The molecule has 6 N–H and O–H groups in total. The molecule has 7 nitrogen and oxygen atoms in total. The van der Waals surface area contributed by atoms with E-state index in [-0.39, 0.29) is 47.4 Å². The number of phenols is 3. The number of nitrogens with one attached hydrogen (secondary N) is 3. The van der Waals surface area contributed by atoms with Gasteiger partial charge in [0.1, 0.15) is 5.75 Å². The minimum Gasteiger partial charge on any atom is -0.505 e. The number of phenolic OH excluding ortho intramolecular Hbond substituents is 3. The van der Waals surface area contributed by atoms with Crippen molar-refractivity contribution in [3.63, 3.8) is 0 Å². The highest BCUT2D eigenvalue weighted by molar-refractivity contribution is 8.00. The van der Waals surface area contributed by atoms with Crippen LogP contribution in [0.15, 0.2) is 211 Å². The van der Waals surface area contributed by atoms with E-state index in [0.29, 0.717) is 24.7 Å². The molecule has 0 heterocycles. The Labute approximate surface area is 494 Å². The molecule has 76 heavy (non-hydrogen) atoms. The van der Waals surface area contributed by atoms with Crippen molar-refractivity contribution in [3.05, 3.63) is 239 Å². The van der Waals surface area contributed by atoms with Gasteiger partial charge in [-0.1, -0.05) is 201 Å². The fraction of sp³-hybridized carbons (Fsp3) is 0.0690. The molecular weight excluding hydrogens is 1180 g/mol.